The second-order valence-electron chi connectivity index (χ2n) is 3.13. The van der Waals surface area contributed by atoms with Gasteiger partial charge in [0.1, 0.15) is 0 Å². The van der Waals surface area contributed by atoms with Gasteiger partial charge in [-0.3, -0.25) is 4.98 Å². The SMILES string of the molecule is Cc1ccnc2cccc(C(=O)O)c12. The van der Waals surface area contributed by atoms with Crippen molar-refractivity contribution in [2.45, 2.75) is 6.92 Å². The molecule has 0 unspecified atom stereocenters. The van der Waals surface area contributed by atoms with Gasteiger partial charge >= 0.3 is 5.97 Å². The van der Waals surface area contributed by atoms with Gasteiger partial charge in [-0.2, -0.15) is 0 Å². The van der Waals surface area contributed by atoms with Gasteiger partial charge in [-0.25, -0.2) is 4.79 Å². The van der Waals surface area contributed by atoms with Crippen LogP contribution in [0.2, 0.25) is 0 Å². The summed E-state index contributed by atoms with van der Waals surface area (Å²) in [7, 11) is 0. The van der Waals surface area contributed by atoms with Crippen LogP contribution >= 0.6 is 0 Å². The molecule has 14 heavy (non-hydrogen) atoms. The first-order chi connectivity index (χ1) is 6.70. The van der Waals surface area contributed by atoms with Crippen LogP contribution in [0.4, 0.5) is 0 Å². The molecule has 0 amide bonds. The van der Waals surface area contributed by atoms with Crippen LogP contribution in [-0.4, -0.2) is 16.1 Å². The van der Waals surface area contributed by atoms with E-state index < -0.39 is 5.97 Å². The molecule has 1 aromatic heterocycles. The van der Waals surface area contributed by atoms with Crippen LogP contribution < -0.4 is 0 Å². The van der Waals surface area contributed by atoms with E-state index in [2.05, 4.69) is 4.98 Å². The molecule has 2 rings (SSSR count). The number of hydrogen-bond acceptors (Lipinski definition) is 2. The molecular formula is C11H9NO2. The fraction of sp³-hybridized carbons (Fsp3) is 0.0909. The normalized spacial score (nSPS) is 10.4. The van der Waals surface area contributed by atoms with E-state index in [1.165, 1.54) is 0 Å². The minimum atomic E-state index is -0.910. The average molecular weight is 187 g/mol. The second kappa shape index (κ2) is 3.10. The van der Waals surface area contributed by atoms with Crippen molar-refractivity contribution >= 4 is 16.9 Å². The van der Waals surface area contributed by atoms with Gasteiger partial charge in [-0.15, -0.1) is 0 Å². The Kier molecular flexibility index (Phi) is 1.93. The van der Waals surface area contributed by atoms with Crippen molar-refractivity contribution in [2.24, 2.45) is 0 Å². The molecule has 0 atom stereocenters. The third-order valence-electron chi connectivity index (χ3n) is 2.21. The molecule has 1 aromatic carbocycles. The third-order valence-corrected chi connectivity index (χ3v) is 2.21. The Morgan fingerprint density at radius 1 is 1.36 bits per heavy atom. The summed E-state index contributed by atoms with van der Waals surface area (Å²) < 4.78 is 0. The molecule has 70 valence electrons. The maximum atomic E-state index is 10.9. The fourth-order valence-electron chi connectivity index (χ4n) is 1.55. The number of carboxylic acid groups (broad SMARTS) is 1. The van der Waals surface area contributed by atoms with Gasteiger partial charge in [0.2, 0.25) is 0 Å². The first-order valence-corrected chi connectivity index (χ1v) is 4.28. The predicted octanol–water partition coefficient (Wildman–Crippen LogP) is 2.24. The molecule has 3 nitrogen and oxygen atoms in total. The van der Waals surface area contributed by atoms with Crippen LogP contribution in [0.25, 0.3) is 10.9 Å². The maximum absolute atomic E-state index is 10.9. The van der Waals surface area contributed by atoms with Crippen LogP contribution in [0.1, 0.15) is 15.9 Å². The number of aromatic carboxylic acids is 1. The number of hydrogen-bond donors (Lipinski definition) is 1. The molecule has 2 aromatic rings. The first-order valence-electron chi connectivity index (χ1n) is 4.28. The zero-order valence-electron chi connectivity index (χ0n) is 7.69. The highest BCUT2D eigenvalue weighted by Gasteiger charge is 2.09. The molecule has 0 saturated carbocycles. The van der Waals surface area contributed by atoms with Gasteiger partial charge < -0.3 is 5.11 Å². The first kappa shape index (κ1) is 8.69. The van der Waals surface area contributed by atoms with Gasteiger partial charge in [-0.1, -0.05) is 6.07 Å². The Morgan fingerprint density at radius 2 is 2.14 bits per heavy atom. The van der Waals surface area contributed by atoms with Gasteiger partial charge in [0, 0.05) is 11.6 Å². The molecule has 0 saturated heterocycles. The lowest BCUT2D eigenvalue weighted by Gasteiger charge is -2.03. The van der Waals surface area contributed by atoms with E-state index in [9.17, 15) is 4.79 Å². The lowest BCUT2D eigenvalue weighted by Crippen LogP contribution is -1.98. The molecule has 0 spiro atoms. The summed E-state index contributed by atoms with van der Waals surface area (Å²) in [4.78, 5) is 15.1. The van der Waals surface area contributed by atoms with Gasteiger partial charge in [0.05, 0.1) is 11.1 Å². The lowest BCUT2D eigenvalue weighted by molar-refractivity contribution is 0.0699. The topological polar surface area (TPSA) is 50.2 Å². The Hall–Kier alpha value is -1.90. The number of pyridine rings is 1. The Bertz CT molecular complexity index is 500. The molecular weight excluding hydrogens is 178 g/mol. The number of aromatic nitrogens is 1. The maximum Gasteiger partial charge on any atom is 0.336 e. The minimum absolute atomic E-state index is 0.313. The zero-order valence-corrected chi connectivity index (χ0v) is 7.69. The minimum Gasteiger partial charge on any atom is -0.478 e. The van der Waals surface area contributed by atoms with Crippen molar-refractivity contribution in [3.05, 3.63) is 41.6 Å². The van der Waals surface area contributed by atoms with E-state index in [0.29, 0.717) is 5.56 Å². The van der Waals surface area contributed by atoms with Crippen LogP contribution in [-0.2, 0) is 0 Å². The van der Waals surface area contributed by atoms with Crippen molar-refractivity contribution < 1.29 is 9.90 Å². The van der Waals surface area contributed by atoms with Crippen LogP contribution in [0, 0.1) is 6.92 Å². The molecule has 0 radical (unpaired) electrons. The monoisotopic (exact) mass is 187 g/mol. The molecule has 1 N–H and O–H groups in total. The van der Waals surface area contributed by atoms with Crippen molar-refractivity contribution in [1.29, 1.82) is 0 Å². The summed E-state index contributed by atoms with van der Waals surface area (Å²) >= 11 is 0. The number of benzene rings is 1. The van der Waals surface area contributed by atoms with E-state index in [1.54, 1.807) is 18.3 Å². The van der Waals surface area contributed by atoms with E-state index in [1.807, 2.05) is 19.1 Å². The summed E-state index contributed by atoms with van der Waals surface area (Å²) in [6, 6.07) is 6.93. The summed E-state index contributed by atoms with van der Waals surface area (Å²) in [5.41, 5.74) is 1.98. The zero-order chi connectivity index (χ0) is 10.1. The highest BCUT2D eigenvalue weighted by atomic mass is 16.4. The highest BCUT2D eigenvalue weighted by Crippen LogP contribution is 2.20. The van der Waals surface area contributed by atoms with Crippen molar-refractivity contribution in [3.8, 4) is 0 Å². The van der Waals surface area contributed by atoms with Gasteiger partial charge in [0.25, 0.3) is 0 Å². The summed E-state index contributed by atoms with van der Waals surface area (Å²) in [5, 5.41) is 9.70. The lowest BCUT2D eigenvalue weighted by atomic mass is 10.0. The summed E-state index contributed by atoms with van der Waals surface area (Å²) in [5.74, 6) is -0.910. The van der Waals surface area contributed by atoms with E-state index >= 15 is 0 Å². The average Bonchev–Trinajstić information content (AvgIpc) is 2.17. The van der Waals surface area contributed by atoms with E-state index in [-0.39, 0.29) is 0 Å². The number of nitrogens with zero attached hydrogens (tertiary/aromatic N) is 1. The predicted molar refractivity (Wildman–Crippen MR) is 53.4 cm³/mol. The van der Waals surface area contributed by atoms with Crippen LogP contribution in [0.15, 0.2) is 30.5 Å². The number of fused-ring (bicyclic) bond motifs is 1. The number of carboxylic acids is 1. The molecule has 0 aliphatic heterocycles. The quantitative estimate of drug-likeness (QED) is 0.744. The largest absolute Gasteiger partial charge is 0.478 e. The Balaban J connectivity index is 2.91. The second-order valence-corrected chi connectivity index (χ2v) is 3.13. The number of aryl methyl sites for hydroxylation is 1. The van der Waals surface area contributed by atoms with Crippen molar-refractivity contribution in [2.75, 3.05) is 0 Å². The molecule has 0 fully saturated rings. The number of rotatable bonds is 1. The number of carbonyl (C=O) groups is 1. The Labute approximate surface area is 81.0 Å². The van der Waals surface area contributed by atoms with Crippen molar-refractivity contribution in [3.63, 3.8) is 0 Å². The van der Waals surface area contributed by atoms with E-state index in [4.69, 9.17) is 5.11 Å². The van der Waals surface area contributed by atoms with Crippen LogP contribution in [0.3, 0.4) is 0 Å². The molecule has 0 bridgehead atoms. The third kappa shape index (κ3) is 1.23. The molecule has 0 aliphatic rings. The molecule has 0 aliphatic carbocycles. The standard InChI is InChI=1S/C11H9NO2/c1-7-5-6-12-9-4-2-3-8(10(7)9)11(13)14/h2-6H,1H3,(H,13,14). The van der Waals surface area contributed by atoms with Gasteiger partial charge in [0.15, 0.2) is 0 Å². The summed E-state index contributed by atoms with van der Waals surface area (Å²) in [6.45, 7) is 1.89. The van der Waals surface area contributed by atoms with Crippen LogP contribution in [0.5, 0.6) is 0 Å². The van der Waals surface area contributed by atoms with Gasteiger partial charge in [-0.05, 0) is 30.7 Å². The van der Waals surface area contributed by atoms with E-state index in [0.717, 1.165) is 16.5 Å². The molecule has 1 heterocycles. The molecule has 3 heteroatoms. The fourth-order valence-corrected chi connectivity index (χ4v) is 1.55. The summed E-state index contributed by atoms with van der Waals surface area (Å²) in [6.07, 6.45) is 1.68. The smallest absolute Gasteiger partial charge is 0.336 e. The Morgan fingerprint density at radius 3 is 2.86 bits per heavy atom. The highest BCUT2D eigenvalue weighted by molar-refractivity contribution is 6.03. The van der Waals surface area contributed by atoms with Crippen molar-refractivity contribution in [1.82, 2.24) is 4.98 Å².